The van der Waals surface area contributed by atoms with Crippen LogP contribution < -0.4 is 4.74 Å². The van der Waals surface area contributed by atoms with Crippen LogP contribution in [0.2, 0.25) is 0 Å². The van der Waals surface area contributed by atoms with E-state index in [0.29, 0.717) is 16.5 Å². The molecule has 0 amide bonds. The lowest BCUT2D eigenvalue weighted by Gasteiger charge is -2.03. The van der Waals surface area contributed by atoms with Gasteiger partial charge >= 0.3 is 5.97 Å². The van der Waals surface area contributed by atoms with Crippen molar-refractivity contribution in [2.24, 2.45) is 0 Å². The average molecular weight is 285 g/mol. The number of nitrogens with zero attached hydrogens (tertiary/aromatic N) is 1. The molecule has 0 atom stereocenters. The van der Waals surface area contributed by atoms with E-state index in [0.717, 1.165) is 10.2 Å². The van der Waals surface area contributed by atoms with Crippen LogP contribution in [0.5, 0.6) is 10.9 Å². The molecule has 0 saturated heterocycles. The highest BCUT2D eigenvalue weighted by Gasteiger charge is 2.07. The standard InChI is InChI=1S/C15H11NO3S/c17-14(18)9-10-4-3-5-11(8-10)19-15-16-12-6-1-2-7-13(12)20-15/h1-8H,9H2,(H,17,18). The van der Waals surface area contributed by atoms with E-state index >= 15 is 0 Å². The van der Waals surface area contributed by atoms with Crippen LogP contribution in [0, 0.1) is 0 Å². The predicted octanol–water partition coefficient (Wildman–Crippen LogP) is 3.72. The smallest absolute Gasteiger partial charge is 0.307 e. The Morgan fingerprint density at radius 1 is 1.20 bits per heavy atom. The Hall–Kier alpha value is -2.40. The Labute approximate surface area is 119 Å². The molecule has 0 fully saturated rings. The first-order valence-electron chi connectivity index (χ1n) is 6.05. The Morgan fingerprint density at radius 2 is 2.05 bits per heavy atom. The quantitative estimate of drug-likeness (QED) is 0.793. The van der Waals surface area contributed by atoms with Gasteiger partial charge in [0.1, 0.15) is 5.75 Å². The number of thiazole rings is 1. The Bertz CT molecular complexity index is 733. The molecule has 1 N–H and O–H groups in total. The fourth-order valence-electron chi connectivity index (χ4n) is 1.89. The van der Waals surface area contributed by atoms with Gasteiger partial charge < -0.3 is 9.84 Å². The van der Waals surface area contributed by atoms with Crippen LogP contribution in [-0.4, -0.2) is 16.1 Å². The average Bonchev–Trinajstić information content (AvgIpc) is 2.80. The minimum absolute atomic E-state index is 0.0168. The molecule has 0 spiro atoms. The fraction of sp³-hybridized carbons (Fsp3) is 0.0667. The summed E-state index contributed by atoms with van der Waals surface area (Å²) >= 11 is 1.46. The summed E-state index contributed by atoms with van der Waals surface area (Å²) in [7, 11) is 0. The minimum atomic E-state index is -0.859. The predicted molar refractivity (Wildman–Crippen MR) is 77.5 cm³/mol. The lowest BCUT2D eigenvalue weighted by atomic mass is 10.1. The van der Waals surface area contributed by atoms with Crippen LogP contribution >= 0.6 is 11.3 Å². The van der Waals surface area contributed by atoms with E-state index < -0.39 is 5.97 Å². The molecule has 0 radical (unpaired) electrons. The first-order valence-corrected chi connectivity index (χ1v) is 6.86. The maximum Gasteiger partial charge on any atom is 0.307 e. The van der Waals surface area contributed by atoms with Gasteiger partial charge in [-0.15, -0.1) is 0 Å². The van der Waals surface area contributed by atoms with Crippen molar-refractivity contribution < 1.29 is 14.6 Å². The number of rotatable bonds is 4. The zero-order valence-electron chi connectivity index (χ0n) is 10.4. The van der Waals surface area contributed by atoms with Crippen molar-refractivity contribution in [3.05, 3.63) is 54.1 Å². The topological polar surface area (TPSA) is 59.4 Å². The normalized spacial score (nSPS) is 10.6. The van der Waals surface area contributed by atoms with Gasteiger partial charge in [0, 0.05) is 0 Å². The molecular formula is C15H11NO3S. The lowest BCUT2D eigenvalue weighted by molar-refractivity contribution is -0.136. The number of para-hydroxylation sites is 1. The molecule has 0 unspecified atom stereocenters. The Morgan fingerprint density at radius 3 is 2.85 bits per heavy atom. The first kappa shape index (κ1) is 12.6. The maximum atomic E-state index is 10.7. The fourth-order valence-corrected chi connectivity index (χ4v) is 2.72. The first-order chi connectivity index (χ1) is 9.70. The second-order valence-electron chi connectivity index (χ2n) is 4.27. The summed E-state index contributed by atoms with van der Waals surface area (Å²) in [6.07, 6.45) is -0.0168. The number of carboxylic acid groups (broad SMARTS) is 1. The number of aromatic nitrogens is 1. The number of fused-ring (bicyclic) bond motifs is 1. The molecule has 0 aliphatic heterocycles. The molecule has 2 aromatic carbocycles. The summed E-state index contributed by atoms with van der Waals surface area (Å²) < 4.78 is 6.76. The molecule has 5 heteroatoms. The second-order valence-corrected chi connectivity index (χ2v) is 5.26. The molecule has 20 heavy (non-hydrogen) atoms. The number of hydrogen-bond acceptors (Lipinski definition) is 4. The van der Waals surface area contributed by atoms with Gasteiger partial charge in [0.15, 0.2) is 0 Å². The zero-order chi connectivity index (χ0) is 13.9. The van der Waals surface area contributed by atoms with Crippen molar-refractivity contribution in [3.8, 4) is 10.9 Å². The van der Waals surface area contributed by atoms with Crippen LogP contribution in [0.4, 0.5) is 0 Å². The van der Waals surface area contributed by atoms with Crippen molar-refractivity contribution >= 4 is 27.5 Å². The van der Waals surface area contributed by atoms with Crippen molar-refractivity contribution in [3.63, 3.8) is 0 Å². The molecule has 4 nitrogen and oxygen atoms in total. The summed E-state index contributed by atoms with van der Waals surface area (Å²) in [5, 5.41) is 9.35. The number of ether oxygens (including phenoxy) is 1. The molecule has 3 aromatic rings. The van der Waals surface area contributed by atoms with Gasteiger partial charge in [0.2, 0.25) is 0 Å². The molecular weight excluding hydrogens is 274 g/mol. The van der Waals surface area contributed by atoms with Gasteiger partial charge in [-0.25, -0.2) is 4.98 Å². The van der Waals surface area contributed by atoms with E-state index in [1.807, 2.05) is 24.3 Å². The molecule has 100 valence electrons. The molecule has 1 aromatic heterocycles. The van der Waals surface area contributed by atoms with Crippen molar-refractivity contribution in [1.29, 1.82) is 0 Å². The highest BCUT2D eigenvalue weighted by atomic mass is 32.1. The minimum Gasteiger partial charge on any atom is -0.481 e. The van der Waals surface area contributed by atoms with Crippen LogP contribution in [0.3, 0.4) is 0 Å². The molecule has 0 aliphatic rings. The van der Waals surface area contributed by atoms with Crippen LogP contribution in [0.1, 0.15) is 5.56 Å². The summed E-state index contributed by atoms with van der Waals surface area (Å²) in [6.45, 7) is 0. The Kier molecular flexibility index (Phi) is 3.35. The highest BCUT2D eigenvalue weighted by Crippen LogP contribution is 2.31. The van der Waals surface area contributed by atoms with Gasteiger partial charge in [0.05, 0.1) is 16.6 Å². The molecule has 0 saturated carbocycles. The van der Waals surface area contributed by atoms with E-state index in [9.17, 15) is 4.79 Å². The van der Waals surface area contributed by atoms with E-state index in [2.05, 4.69) is 4.98 Å². The van der Waals surface area contributed by atoms with E-state index in [-0.39, 0.29) is 6.42 Å². The number of benzene rings is 2. The van der Waals surface area contributed by atoms with Crippen LogP contribution in [0.15, 0.2) is 48.5 Å². The van der Waals surface area contributed by atoms with Crippen molar-refractivity contribution in [2.75, 3.05) is 0 Å². The third kappa shape index (κ3) is 2.78. The van der Waals surface area contributed by atoms with Gasteiger partial charge in [-0.05, 0) is 29.8 Å². The SMILES string of the molecule is O=C(O)Cc1cccc(Oc2nc3ccccc3s2)c1. The Balaban J connectivity index is 1.85. The third-order valence-corrected chi connectivity index (χ3v) is 3.65. The van der Waals surface area contributed by atoms with Gasteiger partial charge in [-0.3, -0.25) is 4.79 Å². The largest absolute Gasteiger partial charge is 0.481 e. The number of carboxylic acids is 1. The summed E-state index contributed by atoms with van der Waals surface area (Å²) in [5.74, 6) is -0.259. The summed E-state index contributed by atoms with van der Waals surface area (Å²) in [5.41, 5.74) is 1.60. The molecule has 0 aliphatic carbocycles. The van der Waals surface area contributed by atoms with Gasteiger partial charge in [0.25, 0.3) is 5.19 Å². The molecule has 3 rings (SSSR count). The van der Waals surface area contributed by atoms with Crippen LogP contribution in [0.25, 0.3) is 10.2 Å². The summed E-state index contributed by atoms with van der Waals surface area (Å²) in [4.78, 5) is 15.1. The third-order valence-electron chi connectivity index (χ3n) is 2.73. The second kappa shape index (κ2) is 5.30. The number of aliphatic carboxylic acids is 1. The maximum absolute atomic E-state index is 10.7. The zero-order valence-corrected chi connectivity index (χ0v) is 11.3. The van der Waals surface area contributed by atoms with Gasteiger partial charge in [-0.1, -0.05) is 35.6 Å². The number of carbonyl (C=O) groups is 1. The summed E-state index contributed by atoms with van der Waals surface area (Å²) in [6, 6.07) is 14.9. The van der Waals surface area contributed by atoms with Crippen molar-refractivity contribution in [1.82, 2.24) is 4.98 Å². The molecule has 0 bridgehead atoms. The monoisotopic (exact) mass is 285 g/mol. The molecule has 1 heterocycles. The van der Waals surface area contributed by atoms with Gasteiger partial charge in [-0.2, -0.15) is 0 Å². The van der Waals surface area contributed by atoms with Crippen LogP contribution in [-0.2, 0) is 11.2 Å². The van der Waals surface area contributed by atoms with Crippen molar-refractivity contribution in [2.45, 2.75) is 6.42 Å². The van der Waals surface area contributed by atoms with E-state index in [1.54, 1.807) is 24.3 Å². The van der Waals surface area contributed by atoms with E-state index in [1.165, 1.54) is 11.3 Å². The lowest BCUT2D eigenvalue weighted by Crippen LogP contribution is -1.99. The van der Waals surface area contributed by atoms with E-state index in [4.69, 9.17) is 9.84 Å². The number of hydrogen-bond donors (Lipinski definition) is 1. The highest BCUT2D eigenvalue weighted by molar-refractivity contribution is 7.20.